The molecule has 0 aliphatic heterocycles. The van der Waals surface area contributed by atoms with Gasteiger partial charge in [0.15, 0.2) is 0 Å². The summed E-state index contributed by atoms with van der Waals surface area (Å²) in [6.45, 7) is 0. The van der Waals surface area contributed by atoms with Crippen molar-refractivity contribution in [2.24, 2.45) is 0 Å². The average molecular weight is 440 g/mol. The van der Waals surface area contributed by atoms with Gasteiger partial charge in [0.25, 0.3) is 0 Å². The Kier molecular flexibility index (Phi) is 7.44. The van der Waals surface area contributed by atoms with Crippen molar-refractivity contribution >= 4 is 55.0 Å². The van der Waals surface area contributed by atoms with Gasteiger partial charge >= 0.3 is 39.7 Å². The van der Waals surface area contributed by atoms with Gasteiger partial charge in [-0.05, 0) is 36.4 Å². The van der Waals surface area contributed by atoms with Crippen molar-refractivity contribution in [3.63, 3.8) is 0 Å². The van der Waals surface area contributed by atoms with Crippen LogP contribution in [0.4, 0.5) is 0 Å². The second-order valence-electron chi connectivity index (χ2n) is 4.16. The first kappa shape index (κ1) is 22.0. The van der Waals surface area contributed by atoms with Crippen molar-refractivity contribution in [2.45, 2.75) is 9.79 Å². The zero-order valence-electron chi connectivity index (χ0n) is 11.9. The minimum absolute atomic E-state index is 0. The summed E-state index contributed by atoms with van der Waals surface area (Å²) in [5.41, 5.74) is 0. The van der Waals surface area contributed by atoms with E-state index in [9.17, 15) is 21.4 Å². The normalized spacial score (nSPS) is 11.7. The Morgan fingerprint density at radius 1 is 0.833 bits per heavy atom. The van der Waals surface area contributed by atoms with Gasteiger partial charge in [0.1, 0.15) is 20.8 Å². The van der Waals surface area contributed by atoms with Crippen LogP contribution in [0.3, 0.4) is 0 Å². The van der Waals surface area contributed by atoms with Crippen LogP contribution in [0.15, 0.2) is 46.2 Å². The Labute approximate surface area is 175 Å². The topological polar surface area (TPSA) is 101 Å². The van der Waals surface area contributed by atoms with E-state index in [1.54, 1.807) is 0 Å². The van der Waals surface area contributed by atoms with Gasteiger partial charge in [0.05, 0.1) is 20.0 Å². The van der Waals surface area contributed by atoms with Crippen LogP contribution >= 0.6 is 34.8 Å². The molecule has 0 aromatic heterocycles. The van der Waals surface area contributed by atoms with Crippen LogP contribution in [0, 0.1) is 0 Å². The molecule has 0 N–H and O–H groups in total. The van der Waals surface area contributed by atoms with Gasteiger partial charge < -0.3 is 8.74 Å². The van der Waals surface area contributed by atoms with Crippen molar-refractivity contribution in [3.8, 4) is 5.75 Å². The first-order chi connectivity index (χ1) is 10.5. The van der Waals surface area contributed by atoms with Gasteiger partial charge in [0.2, 0.25) is 0 Å². The molecule has 0 saturated carbocycles. The number of benzene rings is 2. The molecule has 0 heterocycles. The van der Waals surface area contributed by atoms with Crippen molar-refractivity contribution in [3.05, 3.63) is 51.5 Å². The van der Waals surface area contributed by atoms with E-state index < -0.39 is 30.0 Å². The molecule has 124 valence electrons. The molecule has 0 spiro atoms. The molecular formula is C12H6Cl3NaO6S2. The number of hydrogen-bond acceptors (Lipinski definition) is 6. The Morgan fingerprint density at radius 3 is 1.83 bits per heavy atom. The maximum absolute atomic E-state index is 12.2. The molecule has 0 bridgehead atoms. The molecule has 0 saturated heterocycles. The summed E-state index contributed by atoms with van der Waals surface area (Å²) in [4.78, 5) is -0.927. The Balaban J connectivity index is 0.00000288. The summed E-state index contributed by atoms with van der Waals surface area (Å²) < 4.78 is 61.6. The van der Waals surface area contributed by atoms with Crippen LogP contribution < -0.4 is 33.7 Å². The molecule has 24 heavy (non-hydrogen) atoms. The van der Waals surface area contributed by atoms with Gasteiger partial charge in [-0.15, -0.1) is 0 Å². The first-order valence-corrected chi connectivity index (χ1v) is 9.61. The average Bonchev–Trinajstić information content (AvgIpc) is 2.41. The molecule has 2 aromatic rings. The third kappa shape index (κ3) is 5.23. The largest absolute Gasteiger partial charge is 1.00 e. The molecule has 2 rings (SSSR count). The number of halogens is 3. The minimum Gasteiger partial charge on any atom is -0.744 e. The summed E-state index contributed by atoms with van der Waals surface area (Å²) in [5, 5.41) is -0.162. The van der Waals surface area contributed by atoms with Crippen molar-refractivity contribution in [1.82, 2.24) is 0 Å². The van der Waals surface area contributed by atoms with E-state index in [2.05, 4.69) is 0 Å². The minimum atomic E-state index is -4.64. The molecule has 2 aromatic carbocycles. The summed E-state index contributed by atoms with van der Waals surface area (Å²) in [6.07, 6.45) is 0. The fourth-order valence-electron chi connectivity index (χ4n) is 1.53. The summed E-state index contributed by atoms with van der Waals surface area (Å²) in [6, 6.07) is 6.06. The van der Waals surface area contributed by atoms with Gasteiger partial charge in [-0.2, -0.15) is 8.42 Å². The van der Waals surface area contributed by atoms with E-state index in [0.717, 1.165) is 36.4 Å². The zero-order valence-corrected chi connectivity index (χ0v) is 17.8. The summed E-state index contributed by atoms with van der Waals surface area (Å²) in [5.74, 6) is -0.209. The Hall–Kier alpha value is -0.0300. The van der Waals surface area contributed by atoms with Crippen molar-refractivity contribution in [1.29, 1.82) is 0 Å². The van der Waals surface area contributed by atoms with E-state index in [1.165, 1.54) is 0 Å². The standard InChI is InChI=1S/C12H7Cl3O6S2.Na/c13-9-5-11(15)12(6-10(9)14)23(19,20)21-7-1-3-8(4-2-7)22(16,17)18;/h1-6H,(H,16,17,18);/q;+1/p-1. The number of hydrogen-bond donors (Lipinski definition) is 0. The molecule has 0 fully saturated rings. The Morgan fingerprint density at radius 2 is 1.33 bits per heavy atom. The molecular weight excluding hydrogens is 434 g/mol. The molecule has 0 amide bonds. The monoisotopic (exact) mass is 438 g/mol. The Bertz CT molecular complexity index is 959. The van der Waals surface area contributed by atoms with Gasteiger partial charge in [-0.25, -0.2) is 8.42 Å². The van der Waals surface area contributed by atoms with Crippen LogP contribution in [0.1, 0.15) is 0 Å². The quantitative estimate of drug-likeness (QED) is 0.294. The predicted molar refractivity (Wildman–Crippen MR) is 83.7 cm³/mol. The first-order valence-electron chi connectivity index (χ1n) is 5.66. The van der Waals surface area contributed by atoms with Gasteiger partial charge in [-0.1, -0.05) is 34.8 Å². The van der Waals surface area contributed by atoms with E-state index in [1.807, 2.05) is 0 Å². The molecule has 0 aliphatic rings. The molecule has 0 radical (unpaired) electrons. The summed E-state index contributed by atoms with van der Waals surface area (Å²) >= 11 is 17.3. The molecule has 0 aliphatic carbocycles. The fourth-order valence-corrected chi connectivity index (χ4v) is 3.91. The third-order valence-electron chi connectivity index (χ3n) is 2.56. The summed E-state index contributed by atoms with van der Waals surface area (Å²) in [7, 11) is -8.97. The van der Waals surface area contributed by atoms with E-state index in [4.69, 9.17) is 39.0 Å². The molecule has 0 atom stereocenters. The maximum Gasteiger partial charge on any atom is 1.00 e. The smallest absolute Gasteiger partial charge is 0.744 e. The maximum atomic E-state index is 12.2. The van der Waals surface area contributed by atoms with Gasteiger partial charge in [0, 0.05) is 0 Å². The third-order valence-corrected chi connectivity index (χ3v) is 5.85. The SMILES string of the molecule is O=S(=O)([O-])c1ccc(OS(=O)(=O)c2cc(Cl)c(Cl)cc2Cl)cc1.[Na+]. The van der Waals surface area contributed by atoms with E-state index >= 15 is 0 Å². The fraction of sp³-hybridized carbons (Fsp3) is 0. The second kappa shape index (κ2) is 8.11. The van der Waals surface area contributed by atoms with Crippen LogP contribution in [0.5, 0.6) is 5.75 Å². The van der Waals surface area contributed by atoms with Crippen molar-refractivity contribution < 1.29 is 55.1 Å². The molecule has 0 unspecified atom stereocenters. The van der Waals surface area contributed by atoms with Crippen LogP contribution in [-0.4, -0.2) is 21.4 Å². The molecule has 12 heteroatoms. The van der Waals surface area contributed by atoms with Crippen LogP contribution in [-0.2, 0) is 20.2 Å². The van der Waals surface area contributed by atoms with Crippen LogP contribution in [0.2, 0.25) is 15.1 Å². The second-order valence-corrected chi connectivity index (χ2v) is 8.28. The van der Waals surface area contributed by atoms with Crippen LogP contribution in [0.25, 0.3) is 0 Å². The predicted octanol–water partition coefficient (Wildman–Crippen LogP) is 0.323. The zero-order chi connectivity index (χ0) is 17.4. The van der Waals surface area contributed by atoms with Crippen molar-refractivity contribution in [2.75, 3.05) is 0 Å². The number of rotatable bonds is 4. The van der Waals surface area contributed by atoms with Gasteiger partial charge in [-0.3, -0.25) is 0 Å². The van der Waals surface area contributed by atoms with E-state index in [-0.39, 0.29) is 50.4 Å². The molecule has 6 nitrogen and oxygen atoms in total. The van der Waals surface area contributed by atoms with E-state index in [0.29, 0.717) is 0 Å².